The molecule has 0 aliphatic carbocycles. The molecule has 0 aliphatic rings. The molecule has 2 aromatic rings. The van der Waals surface area contributed by atoms with Crippen molar-refractivity contribution in [1.82, 2.24) is 9.97 Å². The monoisotopic (exact) mass is 281 g/mol. The standard InChI is InChI=1S/C12H9Cl2N3O/c1-7-2-3-8(9(13)6-7)12(18)17-11-10(14)15-4-5-16-11/h2-6H,1H3,(H,16,17,18). The Labute approximate surface area is 114 Å². The fourth-order valence-electron chi connectivity index (χ4n) is 1.38. The maximum atomic E-state index is 12.0. The summed E-state index contributed by atoms with van der Waals surface area (Å²) in [6.45, 7) is 1.90. The number of benzene rings is 1. The zero-order chi connectivity index (χ0) is 13.1. The largest absolute Gasteiger partial charge is 0.304 e. The predicted octanol–water partition coefficient (Wildman–Crippen LogP) is 3.34. The summed E-state index contributed by atoms with van der Waals surface area (Å²) in [6, 6.07) is 5.17. The number of aromatic nitrogens is 2. The average Bonchev–Trinajstić information content (AvgIpc) is 2.32. The Morgan fingerprint density at radius 2 is 1.94 bits per heavy atom. The molecule has 0 bridgehead atoms. The summed E-state index contributed by atoms with van der Waals surface area (Å²) in [6.07, 6.45) is 2.88. The normalized spacial score (nSPS) is 10.2. The van der Waals surface area contributed by atoms with E-state index in [1.54, 1.807) is 18.2 Å². The van der Waals surface area contributed by atoms with Crippen LogP contribution in [0.2, 0.25) is 10.2 Å². The smallest absolute Gasteiger partial charge is 0.258 e. The van der Waals surface area contributed by atoms with Crippen LogP contribution in [0.4, 0.5) is 5.82 Å². The molecule has 0 aliphatic heterocycles. The van der Waals surface area contributed by atoms with Gasteiger partial charge in [0, 0.05) is 12.4 Å². The summed E-state index contributed by atoms with van der Waals surface area (Å²) in [7, 11) is 0. The van der Waals surface area contributed by atoms with Crippen LogP contribution >= 0.6 is 23.2 Å². The SMILES string of the molecule is Cc1ccc(C(=O)Nc2nccnc2Cl)c(Cl)c1. The number of nitrogens with zero attached hydrogens (tertiary/aromatic N) is 2. The van der Waals surface area contributed by atoms with Crippen molar-refractivity contribution in [3.05, 3.63) is 51.9 Å². The molecular formula is C12H9Cl2N3O. The molecule has 0 radical (unpaired) electrons. The van der Waals surface area contributed by atoms with E-state index in [1.165, 1.54) is 12.4 Å². The Kier molecular flexibility index (Phi) is 3.79. The van der Waals surface area contributed by atoms with Gasteiger partial charge in [-0.05, 0) is 24.6 Å². The molecule has 0 saturated heterocycles. The van der Waals surface area contributed by atoms with Crippen molar-refractivity contribution < 1.29 is 4.79 Å². The van der Waals surface area contributed by atoms with Gasteiger partial charge in [-0.25, -0.2) is 9.97 Å². The number of nitrogens with one attached hydrogen (secondary N) is 1. The molecule has 1 heterocycles. The van der Waals surface area contributed by atoms with E-state index in [0.29, 0.717) is 10.6 Å². The molecule has 0 spiro atoms. The van der Waals surface area contributed by atoms with Gasteiger partial charge < -0.3 is 5.32 Å². The number of carbonyl (C=O) groups excluding carboxylic acids is 1. The van der Waals surface area contributed by atoms with Gasteiger partial charge in [-0.15, -0.1) is 0 Å². The van der Waals surface area contributed by atoms with Gasteiger partial charge in [0.15, 0.2) is 11.0 Å². The van der Waals surface area contributed by atoms with Gasteiger partial charge in [0.05, 0.1) is 10.6 Å². The van der Waals surface area contributed by atoms with E-state index >= 15 is 0 Å². The first-order valence-corrected chi connectivity index (χ1v) is 5.87. The number of hydrogen-bond donors (Lipinski definition) is 1. The van der Waals surface area contributed by atoms with Crippen molar-refractivity contribution >= 4 is 34.9 Å². The second kappa shape index (κ2) is 5.33. The minimum absolute atomic E-state index is 0.133. The maximum Gasteiger partial charge on any atom is 0.258 e. The third kappa shape index (κ3) is 2.78. The van der Waals surface area contributed by atoms with Crippen LogP contribution in [0.15, 0.2) is 30.6 Å². The van der Waals surface area contributed by atoms with E-state index in [4.69, 9.17) is 23.2 Å². The van der Waals surface area contributed by atoms with Gasteiger partial charge in [-0.2, -0.15) is 0 Å². The predicted molar refractivity (Wildman–Crippen MR) is 71.2 cm³/mol. The van der Waals surface area contributed by atoms with E-state index in [0.717, 1.165) is 5.56 Å². The molecular weight excluding hydrogens is 273 g/mol. The Bertz CT molecular complexity index is 602. The van der Waals surface area contributed by atoms with Gasteiger partial charge in [0.2, 0.25) is 0 Å². The van der Waals surface area contributed by atoms with Crippen LogP contribution in [-0.4, -0.2) is 15.9 Å². The van der Waals surface area contributed by atoms with Gasteiger partial charge in [-0.3, -0.25) is 4.79 Å². The third-order valence-corrected chi connectivity index (χ3v) is 2.84. The Balaban J connectivity index is 2.25. The van der Waals surface area contributed by atoms with Crippen LogP contribution in [0.1, 0.15) is 15.9 Å². The molecule has 92 valence electrons. The van der Waals surface area contributed by atoms with Crippen molar-refractivity contribution in [3.8, 4) is 0 Å². The highest BCUT2D eigenvalue weighted by Gasteiger charge is 2.13. The van der Waals surface area contributed by atoms with Crippen molar-refractivity contribution in [2.75, 3.05) is 5.32 Å². The lowest BCUT2D eigenvalue weighted by atomic mass is 10.1. The highest BCUT2D eigenvalue weighted by Crippen LogP contribution is 2.20. The molecule has 18 heavy (non-hydrogen) atoms. The third-order valence-electron chi connectivity index (χ3n) is 2.25. The first kappa shape index (κ1) is 12.8. The van der Waals surface area contributed by atoms with Gasteiger partial charge in [-0.1, -0.05) is 29.3 Å². The van der Waals surface area contributed by atoms with Crippen molar-refractivity contribution in [2.45, 2.75) is 6.92 Å². The van der Waals surface area contributed by atoms with Crippen molar-refractivity contribution in [3.63, 3.8) is 0 Å². The summed E-state index contributed by atoms with van der Waals surface area (Å²) >= 11 is 11.8. The first-order valence-electron chi connectivity index (χ1n) is 5.12. The zero-order valence-corrected chi connectivity index (χ0v) is 11.0. The molecule has 0 fully saturated rings. The van der Waals surface area contributed by atoms with Crippen LogP contribution in [0.3, 0.4) is 0 Å². The molecule has 1 amide bonds. The number of rotatable bonds is 2. The molecule has 1 N–H and O–H groups in total. The van der Waals surface area contributed by atoms with E-state index < -0.39 is 0 Å². The van der Waals surface area contributed by atoms with Crippen molar-refractivity contribution in [1.29, 1.82) is 0 Å². The minimum Gasteiger partial charge on any atom is -0.304 e. The average molecular weight is 282 g/mol. The number of amides is 1. The lowest BCUT2D eigenvalue weighted by molar-refractivity contribution is 0.102. The lowest BCUT2D eigenvalue weighted by Gasteiger charge is -2.07. The number of halogens is 2. The number of aryl methyl sites for hydroxylation is 1. The molecule has 1 aromatic carbocycles. The Hall–Kier alpha value is -1.65. The maximum absolute atomic E-state index is 12.0. The Morgan fingerprint density at radius 3 is 2.61 bits per heavy atom. The zero-order valence-electron chi connectivity index (χ0n) is 9.45. The van der Waals surface area contributed by atoms with Gasteiger partial charge in [0.1, 0.15) is 0 Å². The molecule has 1 aromatic heterocycles. The van der Waals surface area contributed by atoms with Gasteiger partial charge in [0.25, 0.3) is 5.91 Å². The minimum atomic E-state index is -0.373. The molecule has 2 rings (SSSR count). The highest BCUT2D eigenvalue weighted by atomic mass is 35.5. The van der Waals surface area contributed by atoms with Crippen LogP contribution < -0.4 is 5.32 Å². The Morgan fingerprint density at radius 1 is 1.22 bits per heavy atom. The lowest BCUT2D eigenvalue weighted by Crippen LogP contribution is -2.14. The summed E-state index contributed by atoms with van der Waals surface area (Å²) in [5, 5.41) is 3.07. The topological polar surface area (TPSA) is 54.9 Å². The second-order valence-electron chi connectivity index (χ2n) is 3.63. The summed E-state index contributed by atoms with van der Waals surface area (Å²) in [5.41, 5.74) is 1.35. The fraction of sp³-hybridized carbons (Fsp3) is 0.0833. The van der Waals surface area contributed by atoms with Crippen LogP contribution in [-0.2, 0) is 0 Å². The fourth-order valence-corrected chi connectivity index (χ4v) is 1.86. The number of carbonyl (C=O) groups is 1. The number of anilines is 1. The van der Waals surface area contributed by atoms with E-state index in [1.807, 2.05) is 6.92 Å². The molecule has 0 unspecified atom stereocenters. The van der Waals surface area contributed by atoms with Crippen LogP contribution in [0.25, 0.3) is 0 Å². The summed E-state index contributed by atoms with van der Waals surface area (Å²) in [5.74, 6) is -0.164. The van der Waals surface area contributed by atoms with E-state index in [-0.39, 0.29) is 16.9 Å². The van der Waals surface area contributed by atoms with Crippen LogP contribution in [0.5, 0.6) is 0 Å². The molecule has 6 heteroatoms. The molecule has 0 saturated carbocycles. The summed E-state index contributed by atoms with van der Waals surface area (Å²) < 4.78 is 0. The van der Waals surface area contributed by atoms with Gasteiger partial charge >= 0.3 is 0 Å². The quantitative estimate of drug-likeness (QED) is 0.919. The highest BCUT2D eigenvalue weighted by molar-refractivity contribution is 6.35. The van der Waals surface area contributed by atoms with E-state index in [2.05, 4.69) is 15.3 Å². The first-order chi connectivity index (χ1) is 8.58. The van der Waals surface area contributed by atoms with E-state index in [9.17, 15) is 4.79 Å². The van der Waals surface area contributed by atoms with Crippen LogP contribution in [0, 0.1) is 6.92 Å². The summed E-state index contributed by atoms with van der Waals surface area (Å²) in [4.78, 5) is 19.7. The molecule has 4 nitrogen and oxygen atoms in total. The second-order valence-corrected chi connectivity index (χ2v) is 4.40. The molecule has 0 atom stereocenters. The number of hydrogen-bond acceptors (Lipinski definition) is 3. The van der Waals surface area contributed by atoms with Crippen molar-refractivity contribution in [2.24, 2.45) is 0 Å².